The van der Waals surface area contributed by atoms with Crippen LogP contribution in [0.2, 0.25) is 0 Å². The van der Waals surface area contributed by atoms with Crippen molar-refractivity contribution >= 4 is 6.09 Å². The molecule has 1 aromatic carbocycles. The van der Waals surface area contributed by atoms with Gasteiger partial charge in [-0.3, -0.25) is 0 Å². The third kappa shape index (κ3) is 4.34. The molecule has 1 amide bonds. The quantitative estimate of drug-likeness (QED) is 0.862. The van der Waals surface area contributed by atoms with Crippen LogP contribution in [-0.2, 0) is 12.7 Å². The molecule has 128 valence electrons. The smallest absolute Gasteiger partial charge is 0.416 e. The Bertz CT molecular complexity index is 569. The van der Waals surface area contributed by atoms with E-state index in [-0.39, 0.29) is 18.2 Å². The molecule has 1 N–H and O–H groups in total. The lowest BCUT2D eigenvalue weighted by Crippen LogP contribution is -2.45. The summed E-state index contributed by atoms with van der Waals surface area (Å²) < 4.78 is 51.5. The molecule has 0 atom stereocenters. The average molecular weight is 334 g/mol. The predicted octanol–water partition coefficient (Wildman–Crippen LogP) is 3.42. The maximum absolute atomic E-state index is 13.9. The Morgan fingerprint density at radius 2 is 1.96 bits per heavy atom. The zero-order valence-corrected chi connectivity index (χ0v) is 12.6. The van der Waals surface area contributed by atoms with Crippen molar-refractivity contribution in [3.8, 4) is 0 Å². The topological polar surface area (TPSA) is 43.8 Å². The van der Waals surface area contributed by atoms with Crippen LogP contribution >= 0.6 is 0 Å². The van der Waals surface area contributed by atoms with E-state index in [1.54, 1.807) is 0 Å². The van der Waals surface area contributed by atoms with Crippen LogP contribution in [0.15, 0.2) is 18.2 Å². The Labute approximate surface area is 131 Å². The summed E-state index contributed by atoms with van der Waals surface area (Å²) >= 11 is 0. The summed E-state index contributed by atoms with van der Waals surface area (Å²) in [4.78, 5) is 14.6. The van der Waals surface area contributed by atoms with Crippen molar-refractivity contribution in [1.82, 2.24) is 9.80 Å². The van der Waals surface area contributed by atoms with Gasteiger partial charge in [0, 0.05) is 11.6 Å². The highest BCUT2D eigenvalue weighted by atomic mass is 19.4. The molecule has 8 heteroatoms. The van der Waals surface area contributed by atoms with Gasteiger partial charge in [-0.05, 0) is 45.1 Å². The van der Waals surface area contributed by atoms with Gasteiger partial charge in [0.05, 0.1) is 12.1 Å². The molecule has 1 fully saturated rings. The number of alkyl halides is 3. The molecule has 1 aliphatic rings. The van der Waals surface area contributed by atoms with Crippen molar-refractivity contribution in [2.75, 3.05) is 20.1 Å². The van der Waals surface area contributed by atoms with Crippen LogP contribution in [0.5, 0.6) is 0 Å². The first-order valence-corrected chi connectivity index (χ1v) is 7.22. The third-order valence-electron chi connectivity index (χ3n) is 4.10. The van der Waals surface area contributed by atoms with Crippen LogP contribution in [0.4, 0.5) is 22.4 Å². The molecular formula is C15H18F4N2O2. The Balaban J connectivity index is 2.16. The van der Waals surface area contributed by atoms with Crippen molar-refractivity contribution in [3.05, 3.63) is 35.1 Å². The van der Waals surface area contributed by atoms with E-state index in [4.69, 9.17) is 0 Å². The second-order valence-corrected chi connectivity index (χ2v) is 5.75. The van der Waals surface area contributed by atoms with Gasteiger partial charge in [0.15, 0.2) is 0 Å². The summed E-state index contributed by atoms with van der Waals surface area (Å²) in [6, 6.07) is 1.92. The van der Waals surface area contributed by atoms with Gasteiger partial charge >= 0.3 is 12.3 Å². The molecule has 0 aromatic heterocycles. The number of benzene rings is 1. The number of halogens is 4. The Kier molecular flexibility index (Phi) is 5.13. The monoisotopic (exact) mass is 334 g/mol. The predicted molar refractivity (Wildman–Crippen MR) is 75.5 cm³/mol. The van der Waals surface area contributed by atoms with Gasteiger partial charge in [0.2, 0.25) is 0 Å². The van der Waals surface area contributed by atoms with Crippen molar-refractivity contribution in [1.29, 1.82) is 0 Å². The average Bonchev–Trinajstić information content (AvgIpc) is 2.46. The minimum atomic E-state index is -4.63. The maximum Gasteiger partial charge on any atom is 0.416 e. The molecule has 4 nitrogen and oxygen atoms in total. The zero-order valence-electron chi connectivity index (χ0n) is 12.6. The lowest BCUT2D eigenvalue weighted by atomic mass is 10.0. The number of likely N-dealkylation sites (tertiary alicyclic amines) is 1. The molecule has 1 aliphatic heterocycles. The Hall–Kier alpha value is -1.83. The molecule has 0 aliphatic carbocycles. The van der Waals surface area contributed by atoms with Gasteiger partial charge in [-0.1, -0.05) is 6.07 Å². The highest BCUT2D eigenvalue weighted by molar-refractivity contribution is 5.65. The molecule has 0 unspecified atom stereocenters. The van der Waals surface area contributed by atoms with Gasteiger partial charge in [-0.2, -0.15) is 13.2 Å². The molecule has 23 heavy (non-hydrogen) atoms. The summed E-state index contributed by atoms with van der Waals surface area (Å²) in [6.45, 7) is 1.20. The van der Waals surface area contributed by atoms with E-state index < -0.39 is 23.7 Å². The fraction of sp³-hybridized carbons (Fsp3) is 0.533. The van der Waals surface area contributed by atoms with Crippen LogP contribution in [0.25, 0.3) is 0 Å². The van der Waals surface area contributed by atoms with Gasteiger partial charge in [-0.15, -0.1) is 0 Å². The molecule has 1 heterocycles. The lowest BCUT2D eigenvalue weighted by molar-refractivity contribution is -0.137. The van der Waals surface area contributed by atoms with E-state index in [0.29, 0.717) is 18.9 Å². The number of rotatable bonds is 3. The van der Waals surface area contributed by atoms with Crippen molar-refractivity contribution in [2.45, 2.75) is 31.6 Å². The van der Waals surface area contributed by atoms with Crippen molar-refractivity contribution in [2.24, 2.45) is 0 Å². The summed E-state index contributed by atoms with van der Waals surface area (Å²) in [5.41, 5.74) is -1.14. The lowest BCUT2D eigenvalue weighted by Gasteiger charge is -2.35. The molecule has 0 radical (unpaired) electrons. The number of carbonyl (C=O) groups is 1. The minimum Gasteiger partial charge on any atom is -0.465 e. The SMILES string of the molecule is CN1CCC(N(Cc2ccc(C(F)(F)F)cc2F)C(=O)O)CC1. The number of nitrogens with zero attached hydrogens (tertiary/aromatic N) is 2. The summed E-state index contributed by atoms with van der Waals surface area (Å²) in [7, 11) is 1.93. The summed E-state index contributed by atoms with van der Waals surface area (Å²) in [5.74, 6) is -1.04. The Morgan fingerprint density at radius 1 is 1.35 bits per heavy atom. The first kappa shape index (κ1) is 17.5. The third-order valence-corrected chi connectivity index (χ3v) is 4.10. The van der Waals surface area contributed by atoms with E-state index in [2.05, 4.69) is 4.90 Å². The molecule has 0 bridgehead atoms. The van der Waals surface area contributed by atoms with E-state index in [0.717, 1.165) is 30.1 Å². The van der Waals surface area contributed by atoms with E-state index in [1.165, 1.54) is 0 Å². The number of hydrogen-bond acceptors (Lipinski definition) is 2. The summed E-state index contributed by atoms with van der Waals surface area (Å²) in [5, 5.41) is 9.34. The minimum absolute atomic E-state index is 0.0562. The van der Waals surface area contributed by atoms with Gasteiger partial charge in [-0.25, -0.2) is 9.18 Å². The van der Waals surface area contributed by atoms with Gasteiger partial charge in [0.1, 0.15) is 5.82 Å². The number of amides is 1. The van der Waals surface area contributed by atoms with E-state index in [1.807, 2.05) is 7.05 Å². The zero-order chi connectivity index (χ0) is 17.2. The molecular weight excluding hydrogens is 316 g/mol. The number of hydrogen-bond donors (Lipinski definition) is 1. The van der Waals surface area contributed by atoms with Crippen LogP contribution in [0.1, 0.15) is 24.0 Å². The number of piperidine rings is 1. The maximum atomic E-state index is 13.9. The van der Waals surface area contributed by atoms with Gasteiger partial charge in [0.25, 0.3) is 0 Å². The largest absolute Gasteiger partial charge is 0.465 e. The highest BCUT2D eigenvalue weighted by Gasteiger charge is 2.32. The van der Waals surface area contributed by atoms with Crippen LogP contribution < -0.4 is 0 Å². The van der Waals surface area contributed by atoms with Crippen molar-refractivity contribution < 1.29 is 27.5 Å². The molecule has 2 rings (SSSR count). The second kappa shape index (κ2) is 6.74. The molecule has 1 aromatic rings. The fourth-order valence-electron chi connectivity index (χ4n) is 2.69. The van der Waals surface area contributed by atoms with Crippen LogP contribution in [0.3, 0.4) is 0 Å². The molecule has 1 saturated heterocycles. The van der Waals surface area contributed by atoms with E-state index in [9.17, 15) is 27.5 Å². The number of carboxylic acid groups (broad SMARTS) is 1. The van der Waals surface area contributed by atoms with Crippen LogP contribution in [0, 0.1) is 5.82 Å². The fourth-order valence-corrected chi connectivity index (χ4v) is 2.69. The summed E-state index contributed by atoms with van der Waals surface area (Å²) in [6.07, 6.45) is -4.59. The van der Waals surface area contributed by atoms with Gasteiger partial charge < -0.3 is 14.9 Å². The molecule has 0 spiro atoms. The molecule has 0 saturated carbocycles. The van der Waals surface area contributed by atoms with Crippen molar-refractivity contribution in [3.63, 3.8) is 0 Å². The van der Waals surface area contributed by atoms with E-state index >= 15 is 0 Å². The highest BCUT2D eigenvalue weighted by Crippen LogP contribution is 2.30. The second-order valence-electron chi connectivity index (χ2n) is 5.75. The first-order chi connectivity index (χ1) is 10.7. The Morgan fingerprint density at radius 3 is 2.43 bits per heavy atom. The normalized spacial score (nSPS) is 17.3. The first-order valence-electron chi connectivity index (χ1n) is 7.22. The van der Waals surface area contributed by atoms with Crippen LogP contribution in [-0.4, -0.2) is 47.2 Å². The standard InChI is InChI=1S/C15H18F4N2O2/c1-20-6-4-12(5-7-20)21(14(22)23)9-10-2-3-11(8-13(10)16)15(17,18)19/h2-3,8,12H,4-7,9H2,1H3,(H,22,23).